The molecular formula is C10H16N2OS. The molecule has 0 aliphatic carbocycles. The molecule has 0 saturated carbocycles. The lowest BCUT2D eigenvalue weighted by Crippen LogP contribution is -2.07. The lowest BCUT2D eigenvalue weighted by Gasteiger charge is -2.02. The van der Waals surface area contributed by atoms with Crippen LogP contribution in [0.25, 0.3) is 0 Å². The highest BCUT2D eigenvalue weighted by molar-refractivity contribution is 7.11. The van der Waals surface area contributed by atoms with Gasteiger partial charge in [-0.25, -0.2) is 4.98 Å². The lowest BCUT2D eigenvalue weighted by atomic mass is 10.1. The Kier molecular flexibility index (Phi) is 3.15. The highest BCUT2D eigenvalue weighted by Gasteiger charge is 2.19. The summed E-state index contributed by atoms with van der Waals surface area (Å²) in [7, 11) is 0. The van der Waals surface area contributed by atoms with Gasteiger partial charge in [0.2, 0.25) is 0 Å². The first-order chi connectivity index (χ1) is 6.75. The zero-order valence-electron chi connectivity index (χ0n) is 8.36. The van der Waals surface area contributed by atoms with Crippen LogP contribution in [0.3, 0.4) is 0 Å². The average Bonchev–Trinajstić information content (AvgIpc) is 2.69. The fourth-order valence-corrected chi connectivity index (χ4v) is 2.93. The summed E-state index contributed by atoms with van der Waals surface area (Å²) in [5, 5.41) is 13.8. The van der Waals surface area contributed by atoms with Crippen molar-refractivity contribution >= 4 is 11.3 Å². The zero-order valence-corrected chi connectivity index (χ0v) is 9.18. The molecule has 4 heteroatoms. The highest BCUT2D eigenvalue weighted by atomic mass is 32.1. The Morgan fingerprint density at radius 2 is 2.64 bits per heavy atom. The number of nitrogens with zero attached hydrogens (tertiary/aromatic N) is 1. The minimum atomic E-state index is -0.259. The molecule has 1 aliphatic rings. The molecule has 0 bridgehead atoms. The minimum Gasteiger partial charge on any atom is -0.393 e. The van der Waals surface area contributed by atoms with Crippen LogP contribution in [-0.2, 0) is 6.42 Å². The minimum absolute atomic E-state index is 0.259. The van der Waals surface area contributed by atoms with Crippen LogP contribution in [0.2, 0.25) is 0 Å². The second-order valence-electron chi connectivity index (χ2n) is 3.91. The van der Waals surface area contributed by atoms with Gasteiger partial charge in [-0.15, -0.1) is 11.3 Å². The summed E-state index contributed by atoms with van der Waals surface area (Å²) in [5.41, 5.74) is 0. The summed E-state index contributed by atoms with van der Waals surface area (Å²) in [5.74, 6) is 0.600. The van der Waals surface area contributed by atoms with Crippen LogP contribution in [0.15, 0.2) is 6.20 Å². The molecule has 2 N–H and O–H groups in total. The summed E-state index contributed by atoms with van der Waals surface area (Å²) in [4.78, 5) is 5.61. The Labute approximate surface area is 88.2 Å². The Hall–Kier alpha value is -0.450. The van der Waals surface area contributed by atoms with Crippen molar-refractivity contribution in [3.8, 4) is 0 Å². The van der Waals surface area contributed by atoms with E-state index in [1.54, 1.807) is 11.3 Å². The van der Waals surface area contributed by atoms with E-state index in [0.29, 0.717) is 5.92 Å². The molecule has 78 valence electrons. The first kappa shape index (κ1) is 10.1. The number of thiazole rings is 1. The van der Waals surface area contributed by atoms with E-state index < -0.39 is 0 Å². The normalized spacial score (nSPS) is 24.0. The Bertz CT molecular complexity index is 292. The maximum Gasteiger partial charge on any atom is 0.0971 e. The SMILES string of the molecule is CC(O)Cc1cnc(C2CCNC2)s1. The molecular weight excluding hydrogens is 196 g/mol. The number of nitrogens with one attached hydrogen (secondary N) is 1. The van der Waals surface area contributed by atoms with Gasteiger partial charge in [-0.2, -0.15) is 0 Å². The quantitative estimate of drug-likeness (QED) is 0.790. The van der Waals surface area contributed by atoms with Crippen molar-refractivity contribution in [3.05, 3.63) is 16.1 Å². The molecule has 1 aliphatic heterocycles. The maximum atomic E-state index is 9.25. The van der Waals surface area contributed by atoms with E-state index in [1.165, 1.54) is 16.3 Å². The van der Waals surface area contributed by atoms with Gasteiger partial charge < -0.3 is 10.4 Å². The number of aliphatic hydroxyl groups excluding tert-OH is 1. The molecule has 1 aromatic rings. The number of rotatable bonds is 3. The zero-order chi connectivity index (χ0) is 9.97. The average molecular weight is 212 g/mol. The smallest absolute Gasteiger partial charge is 0.0971 e. The van der Waals surface area contributed by atoms with Crippen molar-refractivity contribution in [1.29, 1.82) is 0 Å². The van der Waals surface area contributed by atoms with Gasteiger partial charge in [-0.3, -0.25) is 0 Å². The largest absolute Gasteiger partial charge is 0.393 e. The van der Waals surface area contributed by atoms with E-state index in [4.69, 9.17) is 0 Å². The predicted octanol–water partition coefficient (Wildman–Crippen LogP) is 1.14. The van der Waals surface area contributed by atoms with Crippen molar-refractivity contribution in [2.24, 2.45) is 0 Å². The predicted molar refractivity (Wildman–Crippen MR) is 57.7 cm³/mol. The Morgan fingerprint density at radius 1 is 1.79 bits per heavy atom. The van der Waals surface area contributed by atoms with Crippen LogP contribution in [0, 0.1) is 0 Å². The van der Waals surface area contributed by atoms with Crippen LogP contribution >= 0.6 is 11.3 Å². The fraction of sp³-hybridized carbons (Fsp3) is 0.700. The lowest BCUT2D eigenvalue weighted by molar-refractivity contribution is 0.196. The van der Waals surface area contributed by atoms with E-state index in [1.807, 2.05) is 13.1 Å². The van der Waals surface area contributed by atoms with Crippen LogP contribution < -0.4 is 5.32 Å². The van der Waals surface area contributed by atoms with Gasteiger partial charge in [0.05, 0.1) is 11.1 Å². The summed E-state index contributed by atoms with van der Waals surface area (Å²) in [6.07, 6.45) is 3.58. The van der Waals surface area contributed by atoms with E-state index in [0.717, 1.165) is 19.5 Å². The topological polar surface area (TPSA) is 45.2 Å². The molecule has 0 spiro atoms. The van der Waals surface area contributed by atoms with Gasteiger partial charge >= 0.3 is 0 Å². The van der Waals surface area contributed by atoms with Crippen molar-refractivity contribution in [1.82, 2.24) is 10.3 Å². The first-order valence-electron chi connectivity index (χ1n) is 5.09. The van der Waals surface area contributed by atoms with Crippen molar-refractivity contribution in [3.63, 3.8) is 0 Å². The van der Waals surface area contributed by atoms with E-state index in [9.17, 15) is 5.11 Å². The third-order valence-electron chi connectivity index (χ3n) is 2.48. The summed E-state index contributed by atoms with van der Waals surface area (Å²) < 4.78 is 0. The molecule has 1 fully saturated rings. The highest BCUT2D eigenvalue weighted by Crippen LogP contribution is 2.27. The third-order valence-corrected chi connectivity index (χ3v) is 3.66. The van der Waals surface area contributed by atoms with Gasteiger partial charge in [0.1, 0.15) is 0 Å². The van der Waals surface area contributed by atoms with Crippen LogP contribution in [0.1, 0.15) is 29.1 Å². The van der Waals surface area contributed by atoms with Gasteiger partial charge in [0.25, 0.3) is 0 Å². The molecule has 0 amide bonds. The van der Waals surface area contributed by atoms with Gasteiger partial charge in [-0.1, -0.05) is 0 Å². The molecule has 0 aromatic carbocycles. The van der Waals surface area contributed by atoms with Crippen LogP contribution in [-0.4, -0.2) is 29.3 Å². The number of hydrogen-bond donors (Lipinski definition) is 2. The molecule has 2 rings (SSSR count). The summed E-state index contributed by atoms with van der Waals surface area (Å²) in [6, 6.07) is 0. The van der Waals surface area contributed by atoms with Crippen LogP contribution in [0.4, 0.5) is 0 Å². The van der Waals surface area contributed by atoms with Gasteiger partial charge in [0, 0.05) is 30.0 Å². The molecule has 2 heterocycles. The third kappa shape index (κ3) is 2.32. The van der Waals surface area contributed by atoms with Crippen LogP contribution in [0.5, 0.6) is 0 Å². The molecule has 2 atom stereocenters. The number of aliphatic hydroxyl groups is 1. The Morgan fingerprint density at radius 3 is 3.29 bits per heavy atom. The maximum absolute atomic E-state index is 9.25. The van der Waals surface area contributed by atoms with Gasteiger partial charge in [0.15, 0.2) is 0 Å². The second kappa shape index (κ2) is 4.38. The number of aromatic nitrogens is 1. The van der Waals surface area contributed by atoms with Crippen molar-refractivity contribution in [2.45, 2.75) is 31.8 Å². The molecule has 1 saturated heterocycles. The van der Waals surface area contributed by atoms with E-state index in [-0.39, 0.29) is 6.10 Å². The Balaban J connectivity index is 2.01. The van der Waals surface area contributed by atoms with E-state index in [2.05, 4.69) is 10.3 Å². The fourth-order valence-electron chi connectivity index (χ4n) is 1.76. The van der Waals surface area contributed by atoms with Crippen molar-refractivity contribution < 1.29 is 5.11 Å². The summed E-state index contributed by atoms with van der Waals surface area (Å²) >= 11 is 1.75. The van der Waals surface area contributed by atoms with Gasteiger partial charge in [-0.05, 0) is 19.9 Å². The molecule has 3 nitrogen and oxygen atoms in total. The molecule has 14 heavy (non-hydrogen) atoms. The molecule has 0 radical (unpaired) electrons. The molecule has 1 aromatic heterocycles. The number of hydrogen-bond acceptors (Lipinski definition) is 4. The van der Waals surface area contributed by atoms with E-state index >= 15 is 0 Å². The first-order valence-corrected chi connectivity index (χ1v) is 5.90. The second-order valence-corrected chi connectivity index (χ2v) is 5.05. The monoisotopic (exact) mass is 212 g/mol. The van der Waals surface area contributed by atoms with Crippen molar-refractivity contribution in [2.75, 3.05) is 13.1 Å². The standard InChI is InChI=1S/C10H16N2OS/c1-7(13)4-9-6-12-10(14-9)8-2-3-11-5-8/h6-8,11,13H,2-5H2,1H3. The summed E-state index contributed by atoms with van der Waals surface area (Å²) in [6.45, 7) is 3.98. The molecule has 2 unspecified atom stereocenters.